The highest BCUT2D eigenvalue weighted by molar-refractivity contribution is 5.76. The summed E-state index contributed by atoms with van der Waals surface area (Å²) in [5.41, 5.74) is 0. The van der Waals surface area contributed by atoms with Crippen LogP contribution in [-0.4, -0.2) is 34.9 Å². The number of carbonyl (C=O) groups is 1. The third kappa shape index (κ3) is 57.0. The Balaban J connectivity index is 3.38. The molecule has 4 heteroatoms. The van der Waals surface area contributed by atoms with E-state index in [1.165, 1.54) is 250 Å². The molecule has 2 unspecified atom stereocenters. The molecule has 0 spiro atoms. The second kappa shape index (κ2) is 61.4. The SMILES string of the molecule is CC/C=C\C/C=C\C/C=C\C/C=C\C/C=C\CCCCCCCCCCCCCCCCCCCCCCCCCCCC(=O)NC(CO)C(O)CCCCCCCCCCCCCCCCCCC. The summed E-state index contributed by atoms with van der Waals surface area (Å²) in [4.78, 5) is 12.5. The summed E-state index contributed by atoms with van der Waals surface area (Å²) in [6.45, 7) is 4.27. The maximum Gasteiger partial charge on any atom is 0.220 e. The zero-order valence-corrected chi connectivity index (χ0v) is 47.3. The van der Waals surface area contributed by atoms with E-state index in [4.69, 9.17) is 0 Å². The van der Waals surface area contributed by atoms with E-state index < -0.39 is 12.1 Å². The van der Waals surface area contributed by atoms with Gasteiger partial charge >= 0.3 is 0 Å². The van der Waals surface area contributed by atoms with E-state index in [0.717, 1.165) is 57.8 Å². The van der Waals surface area contributed by atoms with E-state index in [9.17, 15) is 15.0 Å². The molecule has 3 N–H and O–H groups in total. The third-order valence-electron chi connectivity index (χ3n) is 14.5. The van der Waals surface area contributed by atoms with Crippen molar-refractivity contribution in [2.24, 2.45) is 0 Å². The number of unbranched alkanes of at least 4 members (excludes halogenated alkanes) is 41. The van der Waals surface area contributed by atoms with Gasteiger partial charge in [0.05, 0.1) is 18.8 Å². The predicted molar refractivity (Wildman–Crippen MR) is 313 cm³/mol. The average Bonchev–Trinajstić information content (AvgIpc) is 3.36. The van der Waals surface area contributed by atoms with Gasteiger partial charge < -0.3 is 15.5 Å². The van der Waals surface area contributed by atoms with Crippen LogP contribution in [0, 0.1) is 0 Å². The van der Waals surface area contributed by atoms with Crippen LogP contribution in [-0.2, 0) is 4.79 Å². The smallest absolute Gasteiger partial charge is 0.220 e. The van der Waals surface area contributed by atoms with E-state index in [1.807, 2.05) is 0 Å². The zero-order chi connectivity index (χ0) is 50.6. The lowest BCUT2D eigenvalue weighted by Gasteiger charge is -2.22. The van der Waals surface area contributed by atoms with Crippen LogP contribution in [0.5, 0.6) is 0 Å². The number of carbonyl (C=O) groups excluding carboxylic acids is 1. The first-order chi connectivity index (χ1) is 34.7. The minimum absolute atomic E-state index is 0.0252. The maximum absolute atomic E-state index is 12.5. The van der Waals surface area contributed by atoms with Gasteiger partial charge in [-0.05, 0) is 57.8 Å². The Morgan fingerprint density at radius 3 is 0.943 bits per heavy atom. The first kappa shape index (κ1) is 68.1. The fourth-order valence-corrected chi connectivity index (χ4v) is 9.80. The normalized spacial score (nSPS) is 13.1. The van der Waals surface area contributed by atoms with E-state index in [-0.39, 0.29) is 12.5 Å². The Kier molecular flexibility index (Phi) is 59.7. The van der Waals surface area contributed by atoms with Crippen LogP contribution >= 0.6 is 0 Å². The Labute approximate surface area is 438 Å². The summed E-state index contributed by atoms with van der Waals surface area (Å²) in [6.07, 6.45) is 86.8. The second-order valence-electron chi connectivity index (χ2n) is 21.5. The van der Waals surface area contributed by atoms with Gasteiger partial charge in [0, 0.05) is 6.42 Å². The van der Waals surface area contributed by atoms with E-state index in [2.05, 4.69) is 79.9 Å². The van der Waals surface area contributed by atoms with Crippen molar-refractivity contribution in [1.29, 1.82) is 0 Å². The molecule has 4 nitrogen and oxygen atoms in total. The summed E-state index contributed by atoms with van der Waals surface area (Å²) >= 11 is 0. The van der Waals surface area contributed by atoms with Gasteiger partial charge in [-0.15, -0.1) is 0 Å². The molecule has 70 heavy (non-hydrogen) atoms. The second-order valence-corrected chi connectivity index (χ2v) is 21.5. The zero-order valence-electron chi connectivity index (χ0n) is 47.3. The summed E-state index contributed by atoms with van der Waals surface area (Å²) in [7, 11) is 0. The number of rotatable bonds is 58. The molecule has 0 radical (unpaired) electrons. The molecule has 0 aromatic rings. The molecule has 0 bridgehead atoms. The molecule has 0 aromatic heterocycles. The summed E-state index contributed by atoms with van der Waals surface area (Å²) in [6, 6.07) is -0.535. The van der Waals surface area contributed by atoms with Crippen molar-refractivity contribution in [3.63, 3.8) is 0 Å². The molecule has 0 saturated heterocycles. The predicted octanol–water partition coefficient (Wildman–Crippen LogP) is 21.2. The Morgan fingerprint density at radius 1 is 0.357 bits per heavy atom. The van der Waals surface area contributed by atoms with Crippen LogP contribution < -0.4 is 5.32 Å². The summed E-state index contributed by atoms with van der Waals surface area (Å²) in [5, 5.41) is 23.4. The highest BCUT2D eigenvalue weighted by atomic mass is 16.3. The van der Waals surface area contributed by atoms with Gasteiger partial charge in [0.1, 0.15) is 0 Å². The molecule has 410 valence electrons. The number of aliphatic hydroxyl groups excluding tert-OH is 2. The molecule has 0 aliphatic carbocycles. The summed E-state index contributed by atoms with van der Waals surface area (Å²) < 4.78 is 0. The van der Waals surface area contributed by atoms with Gasteiger partial charge in [0.15, 0.2) is 0 Å². The number of hydrogen-bond acceptors (Lipinski definition) is 3. The molecule has 0 rings (SSSR count). The number of amides is 1. The Hall–Kier alpha value is -1.91. The lowest BCUT2D eigenvalue weighted by Crippen LogP contribution is -2.45. The standard InChI is InChI=1S/C66H123NO3/c1-3-5-7-9-11-13-15-17-19-21-22-23-24-25-26-27-28-29-30-31-32-33-34-35-36-37-38-39-40-41-42-43-44-46-48-50-52-54-56-58-60-62-66(70)67-64(63-68)65(69)61-59-57-55-53-51-49-47-45-20-18-16-14-12-10-8-6-4-2/h5,7,11,13,17,19,22-23,25-26,64-65,68-69H,3-4,6,8-10,12,14-16,18,20-21,24,27-63H2,1-2H3,(H,67,70)/b7-5-,13-11-,19-17-,23-22-,26-25-. The van der Waals surface area contributed by atoms with E-state index in [1.54, 1.807) is 0 Å². The average molecular weight is 979 g/mol. The minimum Gasteiger partial charge on any atom is -0.394 e. The molecule has 0 heterocycles. The van der Waals surface area contributed by atoms with Crippen molar-refractivity contribution in [3.05, 3.63) is 60.8 Å². The number of hydrogen-bond donors (Lipinski definition) is 3. The van der Waals surface area contributed by atoms with Gasteiger partial charge in [-0.2, -0.15) is 0 Å². The highest BCUT2D eigenvalue weighted by Gasteiger charge is 2.20. The molecule has 0 aliphatic rings. The quantitative estimate of drug-likeness (QED) is 0.0420. The monoisotopic (exact) mass is 978 g/mol. The van der Waals surface area contributed by atoms with Crippen LogP contribution in [0.15, 0.2) is 60.8 Å². The van der Waals surface area contributed by atoms with Crippen LogP contribution in [0.1, 0.15) is 335 Å². The van der Waals surface area contributed by atoms with Gasteiger partial charge in [-0.25, -0.2) is 0 Å². The van der Waals surface area contributed by atoms with Crippen LogP contribution in [0.4, 0.5) is 0 Å². The van der Waals surface area contributed by atoms with Crippen LogP contribution in [0.3, 0.4) is 0 Å². The van der Waals surface area contributed by atoms with Crippen molar-refractivity contribution in [2.45, 2.75) is 347 Å². The van der Waals surface area contributed by atoms with Crippen LogP contribution in [0.25, 0.3) is 0 Å². The number of nitrogens with one attached hydrogen (secondary N) is 1. The number of allylic oxidation sites excluding steroid dienone is 10. The molecule has 0 aromatic carbocycles. The lowest BCUT2D eigenvalue weighted by molar-refractivity contribution is -0.123. The van der Waals surface area contributed by atoms with Gasteiger partial charge in [0.2, 0.25) is 5.91 Å². The van der Waals surface area contributed by atoms with Gasteiger partial charge in [-0.1, -0.05) is 331 Å². The first-order valence-electron chi connectivity index (χ1n) is 31.5. The fourth-order valence-electron chi connectivity index (χ4n) is 9.80. The minimum atomic E-state index is -0.658. The Morgan fingerprint density at radius 2 is 0.629 bits per heavy atom. The summed E-state index contributed by atoms with van der Waals surface area (Å²) in [5.74, 6) is -0.0252. The molecule has 0 fully saturated rings. The van der Waals surface area contributed by atoms with Gasteiger partial charge in [-0.3, -0.25) is 4.79 Å². The van der Waals surface area contributed by atoms with Crippen molar-refractivity contribution >= 4 is 5.91 Å². The lowest BCUT2D eigenvalue weighted by atomic mass is 10.0. The highest BCUT2D eigenvalue weighted by Crippen LogP contribution is 2.18. The Bertz CT molecular complexity index is 1150. The largest absolute Gasteiger partial charge is 0.394 e. The first-order valence-corrected chi connectivity index (χ1v) is 31.5. The third-order valence-corrected chi connectivity index (χ3v) is 14.5. The molecule has 1 amide bonds. The van der Waals surface area contributed by atoms with E-state index in [0.29, 0.717) is 12.8 Å². The van der Waals surface area contributed by atoms with Crippen molar-refractivity contribution < 1.29 is 15.0 Å². The van der Waals surface area contributed by atoms with E-state index >= 15 is 0 Å². The molecule has 0 aliphatic heterocycles. The molecular weight excluding hydrogens is 855 g/mol. The maximum atomic E-state index is 12.5. The number of aliphatic hydroxyl groups is 2. The van der Waals surface area contributed by atoms with Gasteiger partial charge in [0.25, 0.3) is 0 Å². The molecular formula is C66H123NO3. The van der Waals surface area contributed by atoms with Crippen molar-refractivity contribution in [3.8, 4) is 0 Å². The fraction of sp³-hybridized carbons (Fsp3) is 0.833. The topological polar surface area (TPSA) is 69.6 Å². The van der Waals surface area contributed by atoms with Crippen LogP contribution in [0.2, 0.25) is 0 Å². The molecule has 0 saturated carbocycles. The molecule has 2 atom stereocenters. The van der Waals surface area contributed by atoms with Crippen molar-refractivity contribution in [1.82, 2.24) is 5.32 Å². The van der Waals surface area contributed by atoms with Crippen molar-refractivity contribution in [2.75, 3.05) is 6.61 Å².